The van der Waals surface area contributed by atoms with Gasteiger partial charge in [-0.05, 0) is 34.6 Å². The number of aromatic nitrogens is 3. The highest BCUT2D eigenvalue weighted by Crippen LogP contribution is 2.10. The van der Waals surface area contributed by atoms with Crippen LogP contribution >= 0.6 is 0 Å². The monoisotopic (exact) mass is 362 g/mol. The molecule has 2 aromatic carbocycles. The van der Waals surface area contributed by atoms with E-state index >= 15 is 0 Å². The third-order valence-electron chi connectivity index (χ3n) is 4.36. The Morgan fingerprint density at radius 3 is 2.22 bits per heavy atom. The summed E-state index contributed by atoms with van der Waals surface area (Å²) in [5, 5.41) is 7.09. The molecule has 0 bridgehead atoms. The predicted molar refractivity (Wildman–Crippen MR) is 106 cm³/mol. The molecule has 0 aliphatic rings. The van der Waals surface area contributed by atoms with E-state index in [1.807, 2.05) is 12.1 Å². The second-order valence-electron chi connectivity index (χ2n) is 7.28. The molecule has 0 aliphatic carbocycles. The molecule has 0 spiro atoms. The zero-order valence-electron chi connectivity index (χ0n) is 15.9. The molecule has 1 amide bonds. The van der Waals surface area contributed by atoms with Gasteiger partial charge >= 0.3 is 0 Å². The number of hydrogen-bond acceptors (Lipinski definition) is 3. The molecule has 1 aromatic heterocycles. The topological polar surface area (TPSA) is 59.8 Å². The third-order valence-corrected chi connectivity index (χ3v) is 4.36. The van der Waals surface area contributed by atoms with Gasteiger partial charge in [-0.3, -0.25) is 4.79 Å². The van der Waals surface area contributed by atoms with Crippen LogP contribution in [-0.4, -0.2) is 20.7 Å². The van der Waals surface area contributed by atoms with Crippen molar-refractivity contribution in [1.82, 2.24) is 20.1 Å². The molecule has 27 heavy (non-hydrogen) atoms. The molecular weight excluding hydrogens is 336 g/mol. The van der Waals surface area contributed by atoms with Crippen LogP contribution in [0.3, 0.4) is 0 Å². The first-order valence-electron chi connectivity index (χ1n) is 9.33. The first-order valence-corrected chi connectivity index (χ1v) is 9.33. The molecular formula is C22H26N4O. The first-order chi connectivity index (χ1) is 13.1. The van der Waals surface area contributed by atoms with Crippen LogP contribution in [0.2, 0.25) is 0 Å². The van der Waals surface area contributed by atoms with Gasteiger partial charge in [0.1, 0.15) is 12.7 Å². The van der Waals surface area contributed by atoms with Crippen LogP contribution in [0, 0.1) is 5.92 Å². The van der Waals surface area contributed by atoms with Gasteiger partial charge in [0.15, 0.2) is 0 Å². The Morgan fingerprint density at radius 2 is 1.59 bits per heavy atom. The number of rotatable bonds is 8. The zero-order chi connectivity index (χ0) is 19.1. The van der Waals surface area contributed by atoms with Crippen molar-refractivity contribution in [2.45, 2.75) is 39.8 Å². The molecule has 140 valence electrons. The van der Waals surface area contributed by atoms with E-state index in [1.54, 1.807) is 11.0 Å². The van der Waals surface area contributed by atoms with Gasteiger partial charge in [-0.2, -0.15) is 5.10 Å². The van der Waals surface area contributed by atoms with E-state index in [9.17, 15) is 4.79 Å². The summed E-state index contributed by atoms with van der Waals surface area (Å²) in [6.07, 6.45) is 4.71. The van der Waals surface area contributed by atoms with Crippen molar-refractivity contribution in [3.05, 3.63) is 83.4 Å². The average molecular weight is 362 g/mol. The molecule has 3 aromatic rings. The lowest BCUT2D eigenvalue weighted by molar-refractivity contribution is -0.120. The largest absolute Gasteiger partial charge is 0.352 e. The molecule has 0 saturated heterocycles. The van der Waals surface area contributed by atoms with E-state index in [0.29, 0.717) is 25.4 Å². The minimum absolute atomic E-state index is 0.0401. The average Bonchev–Trinajstić information content (AvgIpc) is 3.15. The maximum absolute atomic E-state index is 12.2. The SMILES string of the molecule is CC(C)Cc1ccc(CC(=O)NCc2ccc(Cn3cncn3)cc2)cc1. The summed E-state index contributed by atoms with van der Waals surface area (Å²) < 4.78 is 1.78. The number of carbonyl (C=O) groups is 1. The Morgan fingerprint density at radius 1 is 0.963 bits per heavy atom. The normalized spacial score (nSPS) is 10.9. The summed E-state index contributed by atoms with van der Waals surface area (Å²) >= 11 is 0. The zero-order valence-corrected chi connectivity index (χ0v) is 15.9. The number of nitrogens with zero attached hydrogens (tertiary/aromatic N) is 3. The lowest BCUT2D eigenvalue weighted by Crippen LogP contribution is -2.24. The Labute approximate surface area is 160 Å². The summed E-state index contributed by atoms with van der Waals surface area (Å²) in [6, 6.07) is 16.5. The van der Waals surface area contributed by atoms with E-state index in [1.165, 1.54) is 11.9 Å². The van der Waals surface area contributed by atoms with Gasteiger partial charge in [-0.1, -0.05) is 62.4 Å². The highest BCUT2D eigenvalue weighted by molar-refractivity contribution is 5.78. The Kier molecular flexibility index (Phi) is 6.36. The van der Waals surface area contributed by atoms with Crippen LogP contribution in [0.25, 0.3) is 0 Å². The number of benzene rings is 2. The van der Waals surface area contributed by atoms with Crippen molar-refractivity contribution >= 4 is 5.91 Å². The number of amides is 1. The van der Waals surface area contributed by atoms with E-state index in [-0.39, 0.29) is 5.91 Å². The van der Waals surface area contributed by atoms with Gasteiger partial charge < -0.3 is 5.32 Å². The molecule has 0 atom stereocenters. The second kappa shape index (κ2) is 9.12. The summed E-state index contributed by atoms with van der Waals surface area (Å²) in [7, 11) is 0. The predicted octanol–water partition coefficient (Wildman–Crippen LogP) is 3.38. The van der Waals surface area contributed by atoms with Crippen LogP contribution in [-0.2, 0) is 30.7 Å². The molecule has 1 N–H and O–H groups in total. The quantitative estimate of drug-likeness (QED) is 0.668. The summed E-state index contributed by atoms with van der Waals surface area (Å²) in [5.41, 5.74) is 4.60. The fourth-order valence-electron chi connectivity index (χ4n) is 2.98. The third kappa shape index (κ3) is 6.06. The summed E-state index contributed by atoms with van der Waals surface area (Å²) in [4.78, 5) is 16.1. The van der Waals surface area contributed by atoms with Gasteiger partial charge in [0, 0.05) is 6.54 Å². The molecule has 3 rings (SSSR count). The minimum atomic E-state index is 0.0401. The van der Waals surface area contributed by atoms with Crippen molar-refractivity contribution in [3.63, 3.8) is 0 Å². The van der Waals surface area contributed by atoms with Gasteiger partial charge in [0.05, 0.1) is 13.0 Å². The lowest BCUT2D eigenvalue weighted by atomic mass is 10.0. The maximum atomic E-state index is 12.2. The molecule has 5 nitrogen and oxygen atoms in total. The van der Waals surface area contributed by atoms with Crippen molar-refractivity contribution in [3.8, 4) is 0 Å². The van der Waals surface area contributed by atoms with Crippen molar-refractivity contribution in [2.24, 2.45) is 5.92 Å². The summed E-state index contributed by atoms with van der Waals surface area (Å²) in [6.45, 7) is 5.65. The first kappa shape index (κ1) is 18.8. The summed E-state index contributed by atoms with van der Waals surface area (Å²) in [5.74, 6) is 0.681. The van der Waals surface area contributed by atoms with Gasteiger partial charge in [0.2, 0.25) is 5.91 Å². The van der Waals surface area contributed by atoms with E-state index in [0.717, 1.165) is 23.1 Å². The van der Waals surface area contributed by atoms with Gasteiger partial charge in [0.25, 0.3) is 0 Å². The number of carbonyl (C=O) groups excluding carboxylic acids is 1. The minimum Gasteiger partial charge on any atom is -0.352 e. The van der Waals surface area contributed by atoms with Crippen molar-refractivity contribution < 1.29 is 4.79 Å². The van der Waals surface area contributed by atoms with Gasteiger partial charge in [-0.25, -0.2) is 9.67 Å². The molecule has 0 fully saturated rings. The van der Waals surface area contributed by atoms with Crippen molar-refractivity contribution in [1.29, 1.82) is 0 Å². The molecule has 0 aliphatic heterocycles. The second-order valence-corrected chi connectivity index (χ2v) is 7.28. The molecule has 0 unspecified atom stereocenters. The highest BCUT2D eigenvalue weighted by Gasteiger charge is 2.05. The maximum Gasteiger partial charge on any atom is 0.224 e. The Balaban J connectivity index is 1.46. The highest BCUT2D eigenvalue weighted by atomic mass is 16.1. The van der Waals surface area contributed by atoms with E-state index < -0.39 is 0 Å². The van der Waals surface area contributed by atoms with E-state index in [2.05, 4.69) is 65.6 Å². The molecule has 0 radical (unpaired) electrons. The molecule has 0 saturated carbocycles. The van der Waals surface area contributed by atoms with Gasteiger partial charge in [-0.15, -0.1) is 0 Å². The van der Waals surface area contributed by atoms with Crippen LogP contribution in [0.5, 0.6) is 0 Å². The number of nitrogens with one attached hydrogen (secondary N) is 1. The van der Waals surface area contributed by atoms with Crippen LogP contribution in [0.15, 0.2) is 61.2 Å². The Bertz CT molecular complexity index is 837. The number of hydrogen-bond donors (Lipinski definition) is 1. The van der Waals surface area contributed by atoms with Crippen LogP contribution in [0.1, 0.15) is 36.1 Å². The molecule has 5 heteroatoms. The fourth-order valence-corrected chi connectivity index (χ4v) is 2.98. The van der Waals surface area contributed by atoms with Crippen molar-refractivity contribution in [2.75, 3.05) is 0 Å². The molecule has 1 heterocycles. The fraction of sp³-hybridized carbons (Fsp3) is 0.318. The lowest BCUT2D eigenvalue weighted by Gasteiger charge is -2.08. The van der Waals surface area contributed by atoms with Crippen LogP contribution < -0.4 is 5.32 Å². The Hall–Kier alpha value is -2.95. The smallest absolute Gasteiger partial charge is 0.224 e. The van der Waals surface area contributed by atoms with Crippen LogP contribution in [0.4, 0.5) is 0 Å². The van der Waals surface area contributed by atoms with E-state index in [4.69, 9.17) is 0 Å². The standard InChI is InChI=1S/C22H26N4O/c1-17(2)11-18-3-5-19(6-4-18)12-22(27)24-13-20-7-9-21(10-8-20)14-26-16-23-15-25-26/h3-10,15-17H,11-14H2,1-2H3,(H,24,27).